The van der Waals surface area contributed by atoms with Gasteiger partial charge in [0.1, 0.15) is 24.3 Å². The van der Waals surface area contributed by atoms with Gasteiger partial charge in [-0.15, -0.1) is 0 Å². The second-order valence-electron chi connectivity index (χ2n) is 5.77. The summed E-state index contributed by atoms with van der Waals surface area (Å²) in [4.78, 5) is 27.6. The van der Waals surface area contributed by atoms with Crippen LogP contribution in [-0.4, -0.2) is 39.0 Å². The predicted molar refractivity (Wildman–Crippen MR) is 97.3 cm³/mol. The zero-order valence-corrected chi connectivity index (χ0v) is 14.5. The average Bonchev–Trinajstić information content (AvgIpc) is 2.71. The van der Waals surface area contributed by atoms with E-state index in [0.717, 1.165) is 5.56 Å². The maximum atomic E-state index is 11.0. The number of fused-ring (bicyclic) bond motifs is 2. The van der Waals surface area contributed by atoms with E-state index < -0.39 is 4.92 Å². The number of non-ortho nitro benzene ring substituents is 1. The summed E-state index contributed by atoms with van der Waals surface area (Å²) in [5, 5.41) is 17.1. The topological polar surface area (TPSA) is 128 Å². The Morgan fingerprint density at radius 1 is 0.926 bits per heavy atom. The van der Waals surface area contributed by atoms with Crippen LogP contribution in [0.15, 0.2) is 36.9 Å². The van der Waals surface area contributed by atoms with Gasteiger partial charge >= 0.3 is 0 Å². The maximum absolute atomic E-state index is 11.0. The number of nitrogens with zero attached hydrogens (tertiary/aromatic N) is 5. The van der Waals surface area contributed by atoms with Gasteiger partial charge in [-0.25, -0.2) is 19.9 Å². The maximum Gasteiger partial charge on any atom is 0.269 e. The van der Waals surface area contributed by atoms with E-state index in [4.69, 9.17) is 4.74 Å². The third kappa shape index (κ3) is 2.67. The molecule has 3 aromatic rings. The second kappa shape index (κ2) is 6.48. The quantitative estimate of drug-likeness (QED) is 0.414. The Bertz CT molecular complexity index is 970. The van der Waals surface area contributed by atoms with E-state index in [1.165, 1.54) is 24.8 Å². The summed E-state index contributed by atoms with van der Waals surface area (Å²) in [6.07, 6.45) is 2.81. The third-order valence-electron chi connectivity index (χ3n) is 4.38. The van der Waals surface area contributed by atoms with Crippen LogP contribution in [0.25, 0.3) is 0 Å². The van der Waals surface area contributed by atoms with Crippen molar-refractivity contribution in [2.24, 2.45) is 0 Å². The van der Waals surface area contributed by atoms with Crippen molar-refractivity contribution in [3.63, 3.8) is 0 Å². The fourth-order valence-electron chi connectivity index (χ4n) is 3.20. The molecule has 3 heterocycles. The molecule has 0 unspecified atom stereocenters. The normalized spacial score (nSPS) is 12.5. The molecule has 1 aromatic carbocycles. The van der Waals surface area contributed by atoms with Crippen molar-refractivity contribution >= 4 is 17.3 Å². The summed E-state index contributed by atoms with van der Waals surface area (Å²) >= 11 is 0. The molecule has 0 amide bonds. The minimum Gasteiger partial charge on any atom is -0.420 e. The standard InChI is InChI=1S/C17H15N7O3/c1-18-14-12-11(9-3-5-10(6-4-9)24(25)26)13-15(19-2)21-8-23-17(13)27-16(12)22-7-20-14/h3-8,11H,1-2H3,(H,18,20,22)(H,19,21,23). The lowest BCUT2D eigenvalue weighted by molar-refractivity contribution is -0.384. The van der Waals surface area contributed by atoms with Crippen LogP contribution in [0.3, 0.4) is 0 Å². The minimum absolute atomic E-state index is 0.0163. The highest BCUT2D eigenvalue weighted by Gasteiger charge is 2.36. The predicted octanol–water partition coefficient (Wildman–Crippen LogP) is 2.54. The van der Waals surface area contributed by atoms with Crippen molar-refractivity contribution < 1.29 is 9.66 Å². The zero-order valence-electron chi connectivity index (χ0n) is 14.5. The molecule has 10 heteroatoms. The molecule has 0 radical (unpaired) electrons. The van der Waals surface area contributed by atoms with Gasteiger partial charge in [0.2, 0.25) is 11.8 Å². The van der Waals surface area contributed by atoms with Crippen LogP contribution >= 0.6 is 0 Å². The molecule has 0 bridgehead atoms. The van der Waals surface area contributed by atoms with Gasteiger partial charge in [-0.3, -0.25) is 10.1 Å². The number of anilines is 2. The van der Waals surface area contributed by atoms with Crippen molar-refractivity contribution in [2.75, 3.05) is 24.7 Å². The molecule has 10 nitrogen and oxygen atoms in total. The summed E-state index contributed by atoms with van der Waals surface area (Å²) < 4.78 is 5.89. The van der Waals surface area contributed by atoms with Gasteiger partial charge < -0.3 is 15.4 Å². The van der Waals surface area contributed by atoms with Gasteiger partial charge in [0, 0.05) is 26.2 Å². The Labute approximate surface area is 153 Å². The van der Waals surface area contributed by atoms with Crippen LogP contribution in [0.5, 0.6) is 11.8 Å². The van der Waals surface area contributed by atoms with Crippen molar-refractivity contribution in [1.29, 1.82) is 0 Å². The molecular weight excluding hydrogens is 350 g/mol. The molecule has 0 saturated carbocycles. The summed E-state index contributed by atoms with van der Waals surface area (Å²) in [7, 11) is 3.51. The molecule has 2 N–H and O–H groups in total. The molecule has 136 valence electrons. The van der Waals surface area contributed by atoms with Crippen molar-refractivity contribution in [3.8, 4) is 11.8 Å². The molecule has 1 aliphatic rings. The molecule has 1 aliphatic heterocycles. The molecule has 27 heavy (non-hydrogen) atoms. The number of nitro benzene ring substituents is 1. The van der Waals surface area contributed by atoms with Crippen LogP contribution in [-0.2, 0) is 0 Å². The highest BCUT2D eigenvalue weighted by Crippen LogP contribution is 2.49. The molecule has 0 fully saturated rings. The average molecular weight is 365 g/mol. The number of aromatic nitrogens is 4. The number of ether oxygens (including phenoxy) is 1. The van der Waals surface area contributed by atoms with Crippen molar-refractivity contribution in [3.05, 3.63) is 63.7 Å². The minimum atomic E-state index is -0.431. The van der Waals surface area contributed by atoms with Gasteiger partial charge in [-0.1, -0.05) is 12.1 Å². The largest absolute Gasteiger partial charge is 0.420 e. The number of nitro groups is 1. The lowest BCUT2D eigenvalue weighted by Gasteiger charge is -2.29. The SMILES string of the molecule is CNc1ncnc2c1C(c1ccc([N+](=O)[O-])cc1)c1c(NC)ncnc1O2. The lowest BCUT2D eigenvalue weighted by atomic mass is 9.84. The third-order valence-corrected chi connectivity index (χ3v) is 4.38. The van der Waals surface area contributed by atoms with Gasteiger partial charge in [0.25, 0.3) is 5.69 Å². The molecular formula is C17H15N7O3. The van der Waals surface area contributed by atoms with E-state index >= 15 is 0 Å². The second-order valence-corrected chi connectivity index (χ2v) is 5.77. The first-order valence-electron chi connectivity index (χ1n) is 8.11. The van der Waals surface area contributed by atoms with E-state index in [9.17, 15) is 10.1 Å². The van der Waals surface area contributed by atoms with Gasteiger partial charge in [-0.2, -0.15) is 0 Å². The van der Waals surface area contributed by atoms with Crippen molar-refractivity contribution in [2.45, 2.75) is 5.92 Å². The van der Waals surface area contributed by atoms with E-state index in [2.05, 4.69) is 30.6 Å². The van der Waals surface area contributed by atoms with E-state index in [-0.39, 0.29) is 11.6 Å². The van der Waals surface area contributed by atoms with Crippen LogP contribution in [0.2, 0.25) is 0 Å². The van der Waals surface area contributed by atoms with Crippen LogP contribution < -0.4 is 15.4 Å². The molecule has 2 aromatic heterocycles. The molecule has 0 aliphatic carbocycles. The Morgan fingerprint density at radius 2 is 1.44 bits per heavy atom. The summed E-state index contributed by atoms with van der Waals surface area (Å²) in [5.41, 5.74) is 2.26. The fraction of sp³-hybridized carbons (Fsp3) is 0.176. The lowest BCUT2D eigenvalue weighted by Crippen LogP contribution is -2.18. The van der Waals surface area contributed by atoms with Gasteiger partial charge in [0.15, 0.2) is 0 Å². The fourth-order valence-corrected chi connectivity index (χ4v) is 3.20. The number of hydrogen-bond acceptors (Lipinski definition) is 9. The summed E-state index contributed by atoms with van der Waals surface area (Å²) in [5.74, 6) is 1.59. The monoisotopic (exact) mass is 365 g/mol. The molecule has 0 spiro atoms. The van der Waals surface area contributed by atoms with Crippen molar-refractivity contribution in [1.82, 2.24) is 19.9 Å². The molecule has 0 atom stereocenters. The zero-order chi connectivity index (χ0) is 19.0. The summed E-state index contributed by atoms with van der Waals surface area (Å²) in [6.45, 7) is 0. The number of rotatable bonds is 4. The first kappa shape index (κ1) is 16.6. The van der Waals surface area contributed by atoms with Crippen LogP contribution in [0.4, 0.5) is 17.3 Å². The highest BCUT2D eigenvalue weighted by molar-refractivity contribution is 5.67. The Kier molecular flexibility index (Phi) is 3.99. The first-order valence-corrected chi connectivity index (χ1v) is 8.11. The first-order chi connectivity index (χ1) is 13.1. The van der Waals surface area contributed by atoms with E-state index in [0.29, 0.717) is 34.5 Å². The Morgan fingerprint density at radius 3 is 1.89 bits per heavy atom. The Hall–Kier alpha value is -3.82. The van der Waals surface area contributed by atoms with E-state index in [1.807, 2.05) is 0 Å². The van der Waals surface area contributed by atoms with Crippen LogP contribution in [0.1, 0.15) is 22.6 Å². The number of nitrogens with one attached hydrogen (secondary N) is 2. The van der Waals surface area contributed by atoms with Gasteiger partial charge in [-0.05, 0) is 5.56 Å². The van der Waals surface area contributed by atoms with Gasteiger partial charge in [0.05, 0.1) is 22.0 Å². The smallest absolute Gasteiger partial charge is 0.269 e. The highest BCUT2D eigenvalue weighted by atomic mass is 16.6. The summed E-state index contributed by atoms with van der Waals surface area (Å²) in [6, 6.07) is 6.35. The van der Waals surface area contributed by atoms with Crippen LogP contribution in [0, 0.1) is 10.1 Å². The number of hydrogen-bond donors (Lipinski definition) is 2. The Balaban J connectivity index is 1.98. The molecule has 0 saturated heterocycles. The van der Waals surface area contributed by atoms with E-state index in [1.54, 1.807) is 26.2 Å². The number of benzene rings is 1. The molecule has 4 rings (SSSR count).